The van der Waals surface area contributed by atoms with Crippen molar-refractivity contribution in [2.45, 2.75) is 130 Å². The van der Waals surface area contributed by atoms with Crippen molar-refractivity contribution in [2.75, 3.05) is 70.3 Å². The standard InChI is InChI=1S/C22H34ClN3O3.C17H24BrClN2O2.C5H11NO/c1-16-14-26(21(28)29-22(2,3)4)12-11-25(16)15-17-5-6-19(23)20(13-17)24-9-7-18(27)8-10-24;1-12-10-21(16(22)23-17(2,3)4)8-7-20(12)11-13-5-6-15(19)14(18)9-13;7-5-1-3-6-4-2-5/h5-6,13,16,18,27H,7-12,14-15H2,1-4H3;5-6,9,12H,7-8,10-11H2,1-4H3;5-7H,1-4H2/t16-;12-;/m00./s1. The third-order valence-electron chi connectivity index (χ3n) is 10.7. The van der Waals surface area contributed by atoms with Crippen LogP contribution >= 0.6 is 39.1 Å². The number of carbonyl (C=O) groups is 2. The molecule has 12 nitrogen and oxygen atoms in total. The number of amides is 2. The molecule has 4 fully saturated rings. The summed E-state index contributed by atoms with van der Waals surface area (Å²) < 4.78 is 11.9. The van der Waals surface area contributed by atoms with E-state index in [9.17, 15) is 14.7 Å². The van der Waals surface area contributed by atoms with Crippen molar-refractivity contribution in [3.8, 4) is 0 Å². The number of aliphatic hydroxyl groups excluding tert-OH is 2. The second kappa shape index (κ2) is 22.6. The third-order valence-corrected chi connectivity index (χ3v) is 12.2. The van der Waals surface area contributed by atoms with Crippen molar-refractivity contribution in [1.29, 1.82) is 0 Å². The lowest BCUT2D eigenvalue weighted by Gasteiger charge is -2.40. The fourth-order valence-corrected chi connectivity index (χ4v) is 8.15. The molecule has 2 atom stereocenters. The van der Waals surface area contributed by atoms with E-state index >= 15 is 0 Å². The molecule has 4 heterocycles. The summed E-state index contributed by atoms with van der Waals surface area (Å²) in [6.45, 7) is 25.3. The fraction of sp³-hybridized carbons (Fsp3) is 0.682. The van der Waals surface area contributed by atoms with Crippen molar-refractivity contribution in [2.24, 2.45) is 0 Å². The summed E-state index contributed by atoms with van der Waals surface area (Å²) in [4.78, 5) is 35.2. The van der Waals surface area contributed by atoms with E-state index in [1.54, 1.807) is 9.80 Å². The SMILES string of the molecule is C[C@H]1CN(C(=O)OC(C)(C)C)CCN1Cc1ccc(Cl)c(Br)c1.C[C@H]1CN(C(=O)OC(C)(C)C)CCN1Cc1ccc(Cl)c(N2CCC(O)CC2)c1.OC1CCNCC1. The summed E-state index contributed by atoms with van der Waals surface area (Å²) in [5, 5.41) is 23.3. The first-order valence-corrected chi connectivity index (χ1v) is 22.7. The van der Waals surface area contributed by atoms with E-state index in [0.717, 1.165) is 98.2 Å². The highest BCUT2D eigenvalue weighted by molar-refractivity contribution is 9.10. The number of anilines is 1. The highest BCUT2D eigenvalue weighted by Gasteiger charge is 2.31. The van der Waals surface area contributed by atoms with E-state index in [0.29, 0.717) is 26.2 Å². The number of halogens is 3. The third kappa shape index (κ3) is 16.8. The van der Waals surface area contributed by atoms with E-state index in [-0.39, 0.29) is 36.5 Å². The van der Waals surface area contributed by atoms with Crippen LogP contribution in [0.15, 0.2) is 40.9 Å². The quantitative estimate of drug-likeness (QED) is 0.272. The monoisotopic (exact) mass is 926 g/mol. The predicted molar refractivity (Wildman–Crippen MR) is 242 cm³/mol. The van der Waals surface area contributed by atoms with E-state index in [2.05, 4.69) is 68.0 Å². The van der Waals surface area contributed by atoms with E-state index in [1.165, 1.54) is 11.1 Å². The number of carbonyl (C=O) groups excluding carboxylic acids is 2. The van der Waals surface area contributed by atoms with Gasteiger partial charge < -0.3 is 39.7 Å². The van der Waals surface area contributed by atoms with Crippen LogP contribution in [0.3, 0.4) is 0 Å². The molecule has 4 saturated heterocycles. The molecule has 0 bridgehead atoms. The molecule has 0 radical (unpaired) electrons. The zero-order valence-electron chi connectivity index (χ0n) is 36.5. The molecule has 332 valence electrons. The largest absolute Gasteiger partial charge is 0.444 e. The normalized spacial score (nSPS) is 21.5. The van der Waals surface area contributed by atoms with Gasteiger partial charge in [-0.05, 0) is 145 Å². The zero-order valence-corrected chi connectivity index (χ0v) is 39.6. The van der Waals surface area contributed by atoms with Crippen LogP contribution in [0, 0.1) is 0 Å². The van der Waals surface area contributed by atoms with Crippen molar-refractivity contribution in [3.63, 3.8) is 0 Å². The van der Waals surface area contributed by atoms with Crippen LogP contribution in [0.25, 0.3) is 0 Å². The lowest BCUT2D eigenvalue weighted by Crippen LogP contribution is -2.54. The van der Waals surface area contributed by atoms with Gasteiger partial charge in [0.15, 0.2) is 0 Å². The van der Waals surface area contributed by atoms with Crippen LogP contribution in [0.5, 0.6) is 0 Å². The minimum atomic E-state index is -0.471. The Bertz CT molecular complexity index is 1650. The van der Waals surface area contributed by atoms with E-state index < -0.39 is 11.2 Å². The molecule has 59 heavy (non-hydrogen) atoms. The zero-order chi connectivity index (χ0) is 43.5. The summed E-state index contributed by atoms with van der Waals surface area (Å²) in [5.41, 5.74) is 2.55. The van der Waals surface area contributed by atoms with Gasteiger partial charge in [-0.15, -0.1) is 0 Å². The van der Waals surface area contributed by atoms with Crippen LogP contribution in [-0.4, -0.2) is 143 Å². The molecule has 15 heteroatoms. The number of hydrogen-bond acceptors (Lipinski definition) is 10. The van der Waals surface area contributed by atoms with Gasteiger partial charge in [-0.2, -0.15) is 0 Å². The number of aliphatic hydroxyl groups is 2. The smallest absolute Gasteiger partial charge is 0.410 e. The van der Waals surface area contributed by atoms with E-state index in [1.807, 2.05) is 59.7 Å². The Hall–Kier alpha value is -2.36. The van der Waals surface area contributed by atoms with Crippen LogP contribution in [0.1, 0.15) is 92.2 Å². The summed E-state index contributed by atoms with van der Waals surface area (Å²) in [7, 11) is 0. The summed E-state index contributed by atoms with van der Waals surface area (Å²) in [6, 6.07) is 12.8. The van der Waals surface area contributed by atoms with Crippen LogP contribution in [0.4, 0.5) is 15.3 Å². The molecule has 0 aromatic heterocycles. The molecule has 0 aliphatic carbocycles. The average Bonchev–Trinajstić information content (AvgIpc) is 3.15. The second-order valence-electron chi connectivity index (χ2n) is 18.2. The Morgan fingerprint density at radius 2 is 1.14 bits per heavy atom. The van der Waals surface area contributed by atoms with Gasteiger partial charge in [-0.1, -0.05) is 35.3 Å². The Balaban J connectivity index is 0.000000227. The number of piperazine rings is 2. The molecule has 4 aliphatic rings. The fourth-order valence-electron chi connectivity index (χ4n) is 7.36. The van der Waals surface area contributed by atoms with Crippen molar-refractivity contribution < 1.29 is 29.3 Å². The van der Waals surface area contributed by atoms with Crippen molar-refractivity contribution in [1.82, 2.24) is 24.9 Å². The lowest BCUT2D eigenvalue weighted by molar-refractivity contribution is 0.00385. The highest BCUT2D eigenvalue weighted by Crippen LogP contribution is 2.31. The van der Waals surface area contributed by atoms with Gasteiger partial charge in [0.25, 0.3) is 0 Å². The molecule has 0 saturated carbocycles. The molecule has 2 amide bonds. The van der Waals surface area contributed by atoms with Gasteiger partial charge in [-0.3, -0.25) is 9.80 Å². The first-order chi connectivity index (χ1) is 27.7. The molecule has 4 aliphatic heterocycles. The molecule has 6 rings (SSSR count). The van der Waals surface area contributed by atoms with Gasteiger partial charge in [0.1, 0.15) is 11.2 Å². The number of rotatable bonds is 5. The average molecular weight is 929 g/mol. The molecule has 0 unspecified atom stereocenters. The summed E-state index contributed by atoms with van der Waals surface area (Å²) >= 11 is 16.0. The Morgan fingerprint density at radius 3 is 1.54 bits per heavy atom. The Kier molecular flexibility index (Phi) is 18.9. The first-order valence-electron chi connectivity index (χ1n) is 21.2. The minimum absolute atomic E-state index is 0.0266. The lowest BCUT2D eigenvalue weighted by atomic mass is 10.1. The molecule has 3 N–H and O–H groups in total. The predicted octanol–water partition coefficient (Wildman–Crippen LogP) is 8.02. The number of ether oxygens (including phenoxy) is 2. The minimum Gasteiger partial charge on any atom is -0.444 e. The number of hydrogen-bond donors (Lipinski definition) is 3. The van der Waals surface area contributed by atoms with Gasteiger partial charge in [-0.25, -0.2) is 9.59 Å². The van der Waals surface area contributed by atoms with Gasteiger partial charge in [0.05, 0.1) is 27.9 Å². The van der Waals surface area contributed by atoms with Gasteiger partial charge in [0.2, 0.25) is 0 Å². The molecule has 2 aromatic rings. The maximum Gasteiger partial charge on any atom is 0.410 e. The number of benzene rings is 2. The topological polar surface area (TPSA) is 121 Å². The summed E-state index contributed by atoms with van der Waals surface area (Å²) in [5.74, 6) is 0. The second-order valence-corrected chi connectivity index (χ2v) is 19.9. The van der Waals surface area contributed by atoms with Gasteiger partial charge >= 0.3 is 12.2 Å². The Labute approximate surface area is 371 Å². The number of nitrogens with one attached hydrogen (secondary N) is 1. The summed E-state index contributed by atoms with van der Waals surface area (Å²) in [6.07, 6.45) is 2.74. The molecular formula is C44H69BrCl2N6O6. The Morgan fingerprint density at radius 1 is 0.695 bits per heavy atom. The molecular weight excluding hydrogens is 859 g/mol. The highest BCUT2D eigenvalue weighted by atomic mass is 79.9. The van der Waals surface area contributed by atoms with Crippen molar-refractivity contribution >= 4 is 57.0 Å². The van der Waals surface area contributed by atoms with Crippen LogP contribution < -0.4 is 10.2 Å². The molecule has 2 aromatic carbocycles. The maximum absolute atomic E-state index is 12.4. The maximum atomic E-state index is 12.4. The number of nitrogens with zero attached hydrogens (tertiary/aromatic N) is 5. The van der Waals surface area contributed by atoms with Gasteiger partial charge in [0, 0.05) is 82.0 Å². The van der Waals surface area contributed by atoms with E-state index in [4.69, 9.17) is 37.8 Å². The van der Waals surface area contributed by atoms with Crippen LogP contribution in [-0.2, 0) is 22.6 Å². The van der Waals surface area contributed by atoms with Crippen molar-refractivity contribution in [3.05, 3.63) is 62.0 Å². The molecule has 0 spiro atoms. The number of piperidine rings is 2. The first kappa shape index (κ1) is 49.3. The van der Waals surface area contributed by atoms with Crippen LogP contribution in [0.2, 0.25) is 10.0 Å².